The lowest BCUT2D eigenvalue weighted by atomic mass is 10.0. The van der Waals surface area contributed by atoms with E-state index < -0.39 is 0 Å². The van der Waals surface area contributed by atoms with Crippen LogP contribution in [0.2, 0.25) is 5.02 Å². The van der Waals surface area contributed by atoms with Gasteiger partial charge in [-0.25, -0.2) is 0 Å². The fourth-order valence-electron chi connectivity index (χ4n) is 2.55. The van der Waals surface area contributed by atoms with Crippen molar-refractivity contribution in [2.45, 2.75) is 52.5 Å². The van der Waals surface area contributed by atoms with Crippen molar-refractivity contribution in [3.8, 4) is 0 Å². The Labute approximate surface area is 135 Å². The summed E-state index contributed by atoms with van der Waals surface area (Å²) in [4.78, 5) is 2.55. The lowest BCUT2D eigenvalue weighted by Gasteiger charge is -2.25. The van der Waals surface area contributed by atoms with Gasteiger partial charge in [0.25, 0.3) is 0 Å². The third kappa shape index (κ3) is 7.30. The molecular formula is C18H31ClN2. The molecule has 0 saturated carbocycles. The average molecular weight is 311 g/mol. The Balaban J connectivity index is 2.60. The number of hydrogen-bond acceptors (Lipinski definition) is 2. The minimum atomic E-state index is 0.402. The molecule has 0 aliphatic carbocycles. The predicted octanol–water partition coefficient (Wildman–Crippen LogP) is 4.89. The van der Waals surface area contributed by atoms with Crippen molar-refractivity contribution in [3.63, 3.8) is 0 Å². The van der Waals surface area contributed by atoms with Gasteiger partial charge in [-0.3, -0.25) is 0 Å². The lowest BCUT2D eigenvalue weighted by molar-refractivity contribution is 0.265. The second-order valence-electron chi connectivity index (χ2n) is 5.64. The fraction of sp³-hybridized carbons (Fsp3) is 0.667. The third-order valence-corrected chi connectivity index (χ3v) is 4.14. The van der Waals surface area contributed by atoms with E-state index in [0.29, 0.717) is 6.04 Å². The van der Waals surface area contributed by atoms with E-state index in [1.165, 1.54) is 24.9 Å². The highest BCUT2D eigenvalue weighted by Gasteiger charge is 2.12. The minimum Gasteiger partial charge on any atom is -0.310 e. The molecular weight excluding hydrogens is 280 g/mol. The zero-order chi connectivity index (χ0) is 15.5. The van der Waals surface area contributed by atoms with Gasteiger partial charge in [0.15, 0.2) is 0 Å². The molecule has 0 fully saturated rings. The summed E-state index contributed by atoms with van der Waals surface area (Å²) >= 11 is 6.14. The molecule has 0 aliphatic rings. The first kappa shape index (κ1) is 18.5. The van der Waals surface area contributed by atoms with Crippen LogP contribution in [0.25, 0.3) is 0 Å². The van der Waals surface area contributed by atoms with Crippen molar-refractivity contribution in [3.05, 3.63) is 34.9 Å². The first-order valence-electron chi connectivity index (χ1n) is 8.42. The van der Waals surface area contributed by atoms with Gasteiger partial charge in [-0.05, 0) is 63.1 Å². The largest absolute Gasteiger partial charge is 0.310 e. The summed E-state index contributed by atoms with van der Waals surface area (Å²) in [7, 11) is 0. The normalized spacial score (nSPS) is 12.8. The van der Waals surface area contributed by atoms with Gasteiger partial charge in [-0.15, -0.1) is 0 Å². The van der Waals surface area contributed by atoms with E-state index in [9.17, 15) is 0 Å². The van der Waals surface area contributed by atoms with E-state index in [0.717, 1.165) is 37.5 Å². The highest BCUT2D eigenvalue weighted by atomic mass is 35.5. The second-order valence-corrected chi connectivity index (χ2v) is 6.07. The third-order valence-electron chi connectivity index (χ3n) is 3.90. The molecule has 0 heterocycles. The minimum absolute atomic E-state index is 0.402. The van der Waals surface area contributed by atoms with Crippen LogP contribution in [0.5, 0.6) is 0 Å². The van der Waals surface area contributed by atoms with Gasteiger partial charge in [-0.2, -0.15) is 0 Å². The van der Waals surface area contributed by atoms with E-state index in [2.05, 4.69) is 43.1 Å². The molecule has 0 spiro atoms. The molecule has 1 rings (SSSR count). The quantitative estimate of drug-likeness (QED) is 0.626. The van der Waals surface area contributed by atoms with Crippen molar-refractivity contribution < 1.29 is 0 Å². The van der Waals surface area contributed by atoms with Crippen molar-refractivity contribution in [1.82, 2.24) is 10.2 Å². The fourth-order valence-corrected chi connectivity index (χ4v) is 2.75. The van der Waals surface area contributed by atoms with Crippen LogP contribution in [0.15, 0.2) is 24.3 Å². The number of benzene rings is 1. The number of halogens is 1. The number of nitrogens with one attached hydrogen (secondary N) is 1. The van der Waals surface area contributed by atoms with Gasteiger partial charge in [0.05, 0.1) is 0 Å². The maximum atomic E-state index is 6.14. The van der Waals surface area contributed by atoms with E-state index >= 15 is 0 Å². The standard InChI is InChI=1S/C18H31ClN2/c1-4-7-13-21(6-3)14-11-18(20-12-5-2)16-9-8-10-17(19)15-16/h8-10,15,18,20H,4-7,11-14H2,1-3H3. The Bertz CT molecular complexity index is 381. The summed E-state index contributed by atoms with van der Waals surface area (Å²) in [6, 6.07) is 8.67. The maximum absolute atomic E-state index is 6.14. The zero-order valence-electron chi connectivity index (χ0n) is 13.9. The molecule has 21 heavy (non-hydrogen) atoms. The molecule has 1 aromatic carbocycles. The summed E-state index contributed by atoms with van der Waals surface area (Å²) in [5.41, 5.74) is 1.31. The lowest BCUT2D eigenvalue weighted by Crippen LogP contribution is -2.30. The molecule has 0 bridgehead atoms. The molecule has 0 amide bonds. The molecule has 0 aliphatic heterocycles. The van der Waals surface area contributed by atoms with Crippen LogP contribution in [-0.2, 0) is 0 Å². The summed E-state index contributed by atoms with van der Waals surface area (Å²) < 4.78 is 0. The van der Waals surface area contributed by atoms with Gasteiger partial charge in [0.2, 0.25) is 0 Å². The summed E-state index contributed by atoms with van der Waals surface area (Å²) in [6.45, 7) is 11.3. The summed E-state index contributed by atoms with van der Waals surface area (Å²) in [5.74, 6) is 0. The predicted molar refractivity (Wildman–Crippen MR) is 94.1 cm³/mol. The van der Waals surface area contributed by atoms with Crippen LogP contribution in [0, 0.1) is 0 Å². The van der Waals surface area contributed by atoms with Gasteiger partial charge >= 0.3 is 0 Å². The van der Waals surface area contributed by atoms with E-state index in [-0.39, 0.29) is 0 Å². The molecule has 1 N–H and O–H groups in total. The van der Waals surface area contributed by atoms with Gasteiger partial charge < -0.3 is 10.2 Å². The number of unbranched alkanes of at least 4 members (excludes halogenated alkanes) is 1. The first-order chi connectivity index (χ1) is 10.2. The maximum Gasteiger partial charge on any atom is 0.0409 e. The Hall–Kier alpha value is -0.570. The van der Waals surface area contributed by atoms with Gasteiger partial charge in [0.1, 0.15) is 0 Å². The van der Waals surface area contributed by atoms with E-state index in [1.807, 2.05) is 12.1 Å². The number of rotatable bonds is 11. The van der Waals surface area contributed by atoms with Crippen LogP contribution >= 0.6 is 11.6 Å². The molecule has 0 aromatic heterocycles. The van der Waals surface area contributed by atoms with Crippen LogP contribution in [0.3, 0.4) is 0 Å². The highest BCUT2D eigenvalue weighted by molar-refractivity contribution is 6.30. The van der Waals surface area contributed by atoms with E-state index in [4.69, 9.17) is 11.6 Å². The molecule has 3 heteroatoms. The van der Waals surface area contributed by atoms with Crippen LogP contribution in [0.1, 0.15) is 58.1 Å². The van der Waals surface area contributed by atoms with Crippen molar-refractivity contribution in [2.24, 2.45) is 0 Å². The first-order valence-corrected chi connectivity index (χ1v) is 8.80. The number of nitrogens with zero attached hydrogens (tertiary/aromatic N) is 1. The molecule has 120 valence electrons. The Kier molecular flexibility index (Phi) is 9.73. The van der Waals surface area contributed by atoms with E-state index in [1.54, 1.807) is 0 Å². The highest BCUT2D eigenvalue weighted by Crippen LogP contribution is 2.21. The second kappa shape index (κ2) is 11.1. The SMILES string of the molecule is CCCCN(CC)CCC(NCCC)c1cccc(Cl)c1. The summed E-state index contributed by atoms with van der Waals surface area (Å²) in [6.07, 6.45) is 4.85. The zero-order valence-corrected chi connectivity index (χ0v) is 14.6. The molecule has 1 atom stereocenters. The molecule has 1 unspecified atom stereocenters. The smallest absolute Gasteiger partial charge is 0.0409 e. The van der Waals surface area contributed by atoms with Crippen molar-refractivity contribution >= 4 is 11.6 Å². The Morgan fingerprint density at radius 2 is 1.95 bits per heavy atom. The molecule has 0 saturated heterocycles. The monoisotopic (exact) mass is 310 g/mol. The summed E-state index contributed by atoms with van der Waals surface area (Å²) in [5, 5.41) is 4.49. The molecule has 2 nitrogen and oxygen atoms in total. The molecule has 0 radical (unpaired) electrons. The van der Waals surface area contributed by atoms with Gasteiger partial charge in [-0.1, -0.05) is 50.9 Å². The van der Waals surface area contributed by atoms with Crippen molar-refractivity contribution in [2.75, 3.05) is 26.2 Å². The van der Waals surface area contributed by atoms with Crippen LogP contribution in [-0.4, -0.2) is 31.1 Å². The topological polar surface area (TPSA) is 15.3 Å². The Morgan fingerprint density at radius 1 is 1.14 bits per heavy atom. The molecule has 1 aromatic rings. The average Bonchev–Trinajstić information content (AvgIpc) is 2.50. The number of hydrogen-bond donors (Lipinski definition) is 1. The van der Waals surface area contributed by atoms with Crippen molar-refractivity contribution in [1.29, 1.82) is 0 Å². The van der Waals surface area contributed by atoms with Crippen LogP contribution in [0.4, 0.5) is 0 Å². The van der Waals surface area contributed by atoms with Crippen LogP contribution < -0.4 is 5.32 Å². The Morgan fingerprint density at radius 3 is 2.57 bits per heavy atom. The van der Waals surface area contributed by atoms with Gasteiger partial charge in [0, 0.05) is 11.1 Å².